The highest BCUT2D eigenvalue weighted by atomic mass is 35.5. The molecular weight excluding hydrogens is 506 g/mol. The van der Waals surface area contributed by atoms with Gasteiger partial charge in [-0.15, -0.1) is 0 Å². The molecule has 10 heteroatoms. The van der Waals surface area contributed by atoms with Crippen LogP contribution in [0.4, 0.5) is 0 Å². The lowest BCUT2D eigenvalue weighted by molar-refractivity contribution is -0.123. The molecular formula is C21H15Cl5N2O3. The summed E-state index contributed by atoms with van der Waals surface area (Å²) >= 11 is 30.1. The molecule has 162 valence electrons. The van der Waals surface area contributed by atoms with Crippen molar-refractivity contribution in [3.05, 3.63) is 67.1 Å². The van der Waals surface area contributed by atoms with Gasteiger partial charge >= 0.3 is 0 Å². The van der Waals surface area contributed by atoms with E-state index in [2.05, 4.69) is 10.5 Å². The van der Waals surface area contributed by atoms with Gasteiger partial charge in [-0.25, -0.2) is 5.43 Å². The Kier molecular flexibility index (Phi) is 8.14. The highest BCUT2D eigenvalue weighted by Crippen LogP contribution is 2.48. The van der Waals surface area contributed by atoms with Gasteiger partial charge in [-0.05, 0) is 23.8 Å². The zero-order valence-corrected chi connectivity index (χ0v) is 19.8. The van der Waals surface area contributed by atoms with Crippen LogP contribution in [0.1, 0.15) is 12.5 Å². The first-order valence-corrected chi connectivity index (χ1v) is 10.8. The zero-order valence-electron chi connectivity index (χ0n) is 16.0. The average molecular weight is 521 g/mol. The Hall–Kier alpha value is -1.89. The molecule has 0 bridgehead atoms. The molecule has 0 aromatic heterocycles. The largest absolute Gasteiger partial charge is 0.493 e. The van der Waals surface area contributed by atoms with Crippen LogP contribution in [0.3, 0.4) is 0 Å². The van der Waals surface area contributed by atoms with Gasteiger partial charge in [-0.2, -0.15) is 5.10 Å². The summed E-state index contributed by atoms with van der Waals surface area (Å²) in [6, 6.07) is 11.6. The molecule has 1 N–H and O–H groups in total. The minimum atomic E-state index is -0.552. The lowest BCUT2D eigenvalue weighted by Crippen LogP contribution is -2.24. The number of hydrazone groups is 1. The first kappa shape index (κ1) is 23.8. The van der Waals surface area contributed by atoms with Crippen LogP contribution in [0.5, 0.6) is 11.5 Å². The van der Waals surface area contributed by atoms with Crippen molar-refractivity contribution in [3.8, 4) is 11.5 Å². The fourth-order valence-electron chi connectivity index (χ4n) is 2.74. The number of rotatable bonds is 7. The Morgan fingerprint density at radius 3 is 2.26 bits per heavy atom. The van der Waals surface area contributed by atoms with Crippen molar-refractivity contribution in [1.82, 2.24) is 5.43 Å². The number of benzene rings is 3. The third-order valence-corrected chi connectivity index (χ3v) is 6.37. The van der Waals surface area contributed by atoms with Gasteiger partial charge in [0.05, 0.1) is 27.9 Å². The van der Waals surface area contributed by atoms with Crippen molar-refractivity contribution in [2.75, 3.05) is 13.2 Å². The van der Waals surface area contributed by atoms with Gasteiger partial charge in [-0.3, -0.25) is 4.79 Å². The molecule has 5 nitrogen and oxygen atoms in total. The van der Waals surface area contributed by atoms with E-state index in [0.717, 1.165) is 16.3 Å². The van der Waals surface area contributed by atoms with Gasteiger partial charge in [0.15, 0.2) is 12.4 Å². The van der Waals surface area contributed by atoms with Gasteiger partial charge in [0.2, 0.25) is 0 Å². The lowest BCUT2D eigenvalue weighted by Gasteiger charge is -2.13. The number of carbonyl (C=O) groups excluding carboxylic acids is 1. The van der Waals surface area contributed by atoms with E-state index in [1.54, 1.807) is 0 Å². The molecule has 0 heterocycles. The van der Waals surface area contributed by atoms with Crippen molar-refractivity contribution >= 4 is 80.9 Å². The Morgan fingerprint density at radius 1 is 0.935 bits per heavy atom. The molecule has 0 saturated carbocycles. The fourth-order valence-corrected chi connectivity index (χ4v) is 3.97. The molecule has 0 aliphatic heterocycles. The summed E-state index contributed by atoms with van der Waals surface area (Å²) in [4.78, 5) is 12.2. The molecule has 0 radical (unpaired) electrons. The highest BCUT2D eigenvalue weighted by molar-refractivity contribution is 6.55. The van der Waals surface area contributed by atoms with E-state index in [9.17, 15) is 4.79 Å². The van der Waals surface area contributed by atoms with Gasteiger partial charge in [0, 0.05) is 5.56 Å². The van der Waals surface area contributed by atoms with Crippen LogP contribution in [0.2, 0.25) is 25.1 Å². The Morgan fingerprint density at radius 2 is 1.58 bits per heavy atom. The van der Waals surface area contributed by atoms with Crippen molar-refractivity contribution in [2.45, 2.75) is 6.92 Å². The topological polar surface area (TPSA) is 59.9 Å². The van der Waals surface area contributed by atoms with Crippen molar-refractivity contribution in [1.29, 1.82) is 0 Å². The highest BCUT2D eigenvalue weighted by Gasteiger charge is 2.21. The van der Waals surface area contributed by atoms with Crippen LogP contribution in [0.15, 0.2) is 41.5 Å². The predicted molar refractivity (Wildman–Crippen MR) is 128 cm³/mol. The number of carbonyl (C=O) groups is 1. The quantitative estimate of drug-likeness (QED) is 0.157. The smallest absolute Gasteiger partial charge is 0.277 e. The van der Waals surface area contributed by atoms with Crippen LogP contribution in [-0.4, -0.2) is 25.3 Å². The first-order valence-electron chi connectivity index (χ1n) is 8.95. The predicted octanol–water partition coefficient (Wildman–Crippen LogP) is 7.03. The number of hydrogen-bond acceptors (Lipinski definition) is 4. The summed E-state index contributed by atoms with van der Waals surface area (Å²) in [5.41, 5.74) is 3.13. The summed E-state index contributed by atoms with van der Waals surface area (Å²) in [6.07, 6.45) is 1.52. The van der Waals surface area contributed by atoms with Crippen molar-refractivity contribution in [2.24, 2.45) is 5.10 Å². The average Bonchev–Trinajstić information content (AvgIpc) is 2.77. The molecule has 0 unspecified atom stereocenters. The third kappa shape index (κ3) is 5.30. The monoisotopic (exact) mass is 518 g/mol. The number of nitrogens with zero attached hydrogens (tertiary/aromatic N) is 1. The van der Waals surface area contributed by atoms with Crippen LogP contribution in [-0.2, 0) is 4.79 Å². The number of nitrogens with one attached hydrogen (secondary N) is 1. The number of halogens is 5. The molecule has 0 atom stereocenters. The van der Waals surface area contributed by atoms with E-state index >= 15 is 0 Å². The number of ether oxygens (including phenoxy) is 2. The zero-order chi connectivity index (χ0) is 22.5. The van der Waals surface area contributed by atoms with Crippen LogP contribution in [0.25, 0.3) is 10.8 Å². The van der Waals surface area contributed by atoms with E-state index in [4.69, 9.17) is 67.5 Å². The maximum absolute atomic E-state index is 12.2. The summed E-state index contributed by atoms with van der Waals surface area (Å²) in [6.45, 7) is 1.95. The van der Waals surface area contributed by atoms with Crippen LogP contribution >= 0.6 is 58.0 Å². The van der Waals surface area contributed by atoms with Gasteiger partial charge in [0.25, 0.3) is 5.91 Å². The van der Waals surface area contributed by atoms with E-state index in [-0.39, 0.29) is 30.9 Å². The third-order valence-electron chi connectivity index (χ3n) is 4.13. The maximum atomic E-state index is 12.2. The summed E-state index contributed by atoms with van der Waals surface area (Å²) < 4.78 is 11.1. The van der Waals surface area contributed by atoms with Crippen LogP contribution < -0.4 is 14.9 Å². The van der Waals surface area contributed by atoms with Gasteiger partial charge in [-0.1, -0.05) is 88.3 Å². The Balaban J connectivity index is 1.73. The molecule has 3 aromatic rings. The first-order chi connectivity index (χ1) is 14.8. The maximum Gasteiger partial charge on any atom is 0.277 e. The molecule has 3 aromatic carbocycles. The van der Waals surface area contributed by atoms with E-state index in [1.165, 1.54) is 6.21 Å². The molecule has 0 aliphatic rings. The Labute approximate surface area is 203 Å². The van der Waals surface area contributed by atoms with Crippen molar-refractivity contribution in [3.63, 3.8) is 0 Å². The van der Waals surface area contributed by atoms with Gasteiger partial charge in [0.1, 0.15) is 15.8 Å². The molecule has 0 saturated heterocycles. The molecule has 31 heavy (non-hydrogen) atoms. The molecule has 0 spiro atoms. The Bertz CT molecular complexity index is 1140. The van der Waals surface area contributed by atoms with E-state index in [1.807, 2.05) is 43.3 Å². The number of fused-ring (bicyclic) bond motifs is 1. The van der Waals surface area contributed by atoms with Crippen molar-refractivity contribution < 1.29 is 14.3 Å². The SMILES string of the molecule is CCOc1ccc2ccccc2c1C=NNC(=O)COc1c(Cl)c(Cl)c(Cl)c(Cl)c1Cl. The van der Waals surface area contributed by atoms with E-state index < -0.39 is 12.5 Å². The molecule has 1 amide bonds. The number of amides is 1. The fraction of sp³-hybridized carbons (Fsp3) is 0.143. The lowest BCUT2D eigenvalue weighted by atomic mass is 10.0. The second-order valence-electron chi connectivity index (χ2n) is 6.11. The second-order valence-corrected chi connectivity index (χ2v) is 8.00. The summed E-state index contributed by atoms with van der Waals surface area (Å²) in [5.74, 6) is 0.0535. The molecule has 0 aliphatic carbocycles. The molecule has 3 rings (SSSR count). The molecule has 0 fully saturated rings. The van der Waals surface area contributed by atoms with Crippen LogP contribution in [0, 0.1) is 0 Å². The summed E-state index contributed by atoms with van der Waals surface area (Å²) in [5, 5.41) is 5.83. The minimum Gasteiger partial charge on any atom is -0.493 e. The van der Waals surface area contributed by atoms with E-state index in [0.29, 0.717) is 12.4 Å². The minimum absolute atomic E-state index is 0.0000695. The second kappa shape index (κ2) is 10.6. The summed E-state index contributed by atoms with van der Waals surface area (Å²) in [7, 11) is 0. The normalized spacial score (nSPS) is 11.2. The standard InChI is InChI=1S/C21H15Cl5N2O3/c1-2-30-14-8-7-11-5-3-4-6-12(11)13(14)9-27-28-15(29)10-31-21-19(25)17(23)16(22)18(24)20(21)26/h3-9H,2,10H2,1H3,(H,28,29). The number of hydrogen-bond donors (Lipinski definition) is 1. The van der Waals surface area contributed by atoms with Gasteiger partial charge < -0.3 is 9.47 Å².